The van der Waals surface area contributed by atoms with E-state index >= 15 is 0 Å². The Balaban J connectivity index is 1.74. The predicted octanol–water partition coefficient (Wildman–Crippen LogP) is 3.01. The first-order valence-electron chi connectivity index (χ1n) is 8.07. The van der Waals surface area contributed by atoms with E-state index in [9.17, 15) is 9.18 Å². The van der Waals surface area contributed by atoms with Crippen molar-refractivity contribution in [2.45, 2.75) is 26.9 Å². The molecule has 1 amide bonds. The molecule has 7 heteroatoms. The van der Waals surface area contributed by atoms with Crippen LogP contribution < -0.4 is 0 Å². The van der Waals surface area contributed by atoms with E-state index in [1.54, 1.807) is 36.3 Å². The number of carbonyl (C=O) groups excluding carboxylic acids is 1. The molecular formula is C18H20FN5O. The van der Waals surface area contributed by atoms with Crippen LogP contribution in [0.5, 0.6) is 0 Å². The van der Waals surface area contributed by atoms with Crippen molar-refractivity contribution in [3.8, 4) is 11.3 Å². The van der Waals surface area contributed by atoms with Crippen molar-refractivity contribution in [3.05, 3.63) is 59.3 Å². The highest BCUT2D eigenvalue weighted by atomic mass is 19.1. The lowest BCUT2D eigenvalue weighted by Crippen LogP contribution is -2.26. The number of hydrogen-bond donors (Lipinski definition) is 1. The van der Waals surface area contributed by atoms with Gasteiger partial charge in [0.05, 0.1) is 11.9 Å². The van der Waals surface area contributed by atoms with E-state index in [0.717, 1.165) is 23.4 Å². The molecule has 0 aliphatic carbocycles. The van der Waals surface area contributed by atoms with Gasteiger partial charge in [-0.1, -0.05) is 0 Å². The largest absolute Gasteiger partial charge is 0.336 e. The molecule has 130 valence electrons. The average Bonchev–Trinajstić information content (AvgIpc) is 3.23. The number of nitrogens with one attached hydrogen (secondary N) is 1. The maximum atomic E-state index is 13.0. The van der Waals surface area contributed by atoms with Gasteiger partial charge in [-0.3, -0.25) is 14.6 Å². The van der Waals surface area contributed by atoms with Gasteiger partial charge in [0.2, 0.25) is 0 Å². The number of halogens is 1. The fourth-order valence-electron chi connectivity index (χ4n) is 2.69. The van der Waals surface area contributed by atoms with Crippen LogP contribution in [0.25, 0.3) is 11.3 Å². The predicted molar refractivity (Wildman–Crippen MR) is 92.4 cm³/mol. The first kappa shape index (κ1) is 16.9. The fraction of sp³-hybridized carbons (Fsp3) is 0.278. The van der Waals surface area contributed by atoms with Gasteiger partial charge in [-0.25, -0.2) is 4.39 Å². The quantitative estimate of drug-likeness (QED) is 0.776. The molecule has 0 aliphatic rings. The van der Waals surface area contributed by atoms with E-state index in [-0.39, 0.29) is 11.7 Å². The number of H-pyrrole nitrogens is 1. The smallest absolute Gasteiger partial charge is 0.271 e. The van der Waals surface area contributed by atoms with Crippen molar-refractivity contribution in [1.82, 2.24) is 24.9 Å². The summed E-state index contributed by atoms with van der Waals surface area (Å²) in [4.78, 5) is 14.2. The number of rotatable bonds is 5. The van der Waals surface area contributed by atoms with Crippen molar-refractivity contribution in [2.75, 3.05) is 7.05 Å². The average molecular weight is 341 g/mol. The Labute approximate surface area is 145 Å². The lowest BCUT2D eigenvalue weighted by atomic mass is 10.1. The minimum atomic E-state index is -0.307. The van der Waals surface area contributed by atoms with Gasteiger partial charge in [-0.05, 0) is 44.2 Å². The third-order valence-electron chi connectivity index (χ3n) is 4.21. The van der Waals surface area contributed by atoms with Crippen molar-refractivity contribution >= 4 is 5.91 Å². The van der Waals surface area contributed by atoms with Crippen molar-refractivity contribution in [3.63, 3.8) is 0 Å². The minimum Gasteiger partial charge on any atom is -0.336 e. The summed E-state index contributed by atoms with van der Waals surface area (Å²) in [7, 11) is 1.74. The van der Waals surface area contributed by atoms with Gasteiger partial charge in [-0.2, -0.15) is 10.2 Å². The zero-order chi connectivity index (χ0) is 18.0. The number of aryl methyl sites for hydroxylation is 1. The molecule has 0 bridgehead atoms. The first-order chi connectivity index (χ1) is 12.0. The van der Waals surface area contributed by atoms with Gasteiger partial charge in [0, 0.05) is 37.0 Å². The maximum absolute atomic E-state index is 13.0. The Morgan fingerprint density at radius 1 is 1.32 bits per heavy atom. The van der Waals surface area contributed by atoms with Crippen LogP contribution in [0, 0.1) is 12.7 Å². The SMILES string of the molecule is CCn1ncc(CN(C)C(=O)c2cc(-c3ccc(F)cc3)n[nH]2)c1C. The van der Waals surface area contributed by atoms with E-state index in [2.05, 4.69) is 15.3 Å². The van der Waals surface area contributed by atoms with E-state index < -0.39 is 0 Å². The number of aromatic amines is 1. The lowest BCUT2D eigenvalue weighted by Gasteiger charge is -2.15. The molecule has 3 aromatic rings. The molecule has 0 fully saturated rings. The van der Waals surface area contributed by atoms with Gasteiger partial charge in [0.1, 0.15) is 11.5 Å². The molecule has 0 aliphatic heterocycles. The number of carbonyl (C=O) groups is 1. The molecular weight excluding hydrogens is 321 g/mol. The third-order valence-corrected chi connectivity index (χ3v) is 4.21. The van der Waals surface area contributed by atoms with E-state index in [1.165, 1.54) is 12.1 Å². The van der Waals surface area contributed by atoms with Gasteiger partial charge in [0.15, 0.2) is 0 Å². The third kappa shape index (κ3) is 3.45. The standard InChI is InChI=1S/C18H20FN5O/c1-4-24-12(2)14(10-20-24)11-23(3)18(25)17-9-16(21-22-17)13-5-7-15(19)8-6-13/h5-10H,4,11H2,1-3H3,(H,21,22). The highest BCUT2D eigenvalue weighted by Gasteiger charge is 2.17. The summed E-state index contributed by atoms with van der Waals surface area (Å²) in [5.74, 6) is -0.470. The van der Waals surface area contributed by atoms with Gasteiger partial charge < -0.3 is 4.90 Å². The maximum Gasteiger partial charge on any atom is 0.271 e. The van der Waals surface area contributed by atoms with Crippen LogP contribution in [0.3, 0.4) is 0 Å². The summed E-state index contributed by atoms with van der Waals surface area (Å²) in [6.45, 7) is 5.29. The lowest BCUT2D eigenvalue weighted by molar-refractivity contribution is 0.0779. The van der Waals surface area contributed by atoms with E-state index in [0.29, 0.717) is 17.9 Å². The molecule has 0 spiro atoms. The topological polar surface area (TPSA) is 66.8 Å². The fourth-order valence-corrected chi connectivity index (χ4v) is 2.69. The number of nitrogens with zero attached hydrogens (tertiary/aromatic N) is 4. The number of benzene rings is 1. The second kappa shape index (κ2) is 6.88. The Morgan fingerprint density at radius 2 is 2.04 bits per heavy atom. The van der Waals surface area contributed by atoms with Gasteiger partial charge in [0.25, 0.3) is 5.91 Å². The van der Waals surface area contributed by atoms with Gasteiger partial charge >= 0.3 is 0 Å². The monoisotopic (exact) mass is 341 g/mol. The molecule has 2 aromatic heterocycles. The van der Waals surface area contributed by atoms with Crippen molar-refractivity contribution < 1.29 is 9.18 Å². The molecule has 2 heterocycles. The normalized spacial score (nSPS) is 10.9. The summed E-state index contributed by atoms with van der Waals surface area (Å²) in [5.41, 5.74) is 3.81. The van der Waals surface area contributed by atoms with Crippen molar-refractivity contribution in [2.24, 2.45) is 0 Å². The summed E-state index contributed by atoms with van der Waals surface area (Å²) in [6.07, 6.45) is 1.79. The van der Waals surface area contributed by atoms with Crippen molar-refractivity contribution in [1.29, 1.82) is 0 Å². The second-order valence-corrected chi connectivity index (χ2v) is 5.91. The molecule has 0 unspecified atom stereocenters. The van der Waals surface area contributed by atoms with Crippen LogP contribution in [0.4, 0.5) is 4.39 Å². The zero-order valence-electron chi connectivity index (χ0n) is 14.5. The van der Waals surface area contributed by atoms with E-state index in [4.69, 9.17) is 0 Å². The molecule has 1 aromatic carbocycles. The highest BCUT2D eigenvalue weighted by molar-refractivity contribution is 5.93. The summed E-state index contributed by atoms with van der Waals surface area (Å²) in [5, 5.41) is 11.2. The highest BCUT2D eigenvalue weighted by Crippen LogP contribution is 2.19. The molecule has 25 heavy (non-hydrogen) atoms. The molecule has 6 nitrogen and oxygen atoms in total. The Kier molecular flexibility index (Phi) is 4.65. The molecule has 0 saturated heterocycles. The number of aromatic nitrogens is 4. The van der Waals surface area contributed by atoms with Crippen LogP contribution in [-0.4, -0.2) is 37.8 Å². The molecule has 3 rings (SSSR count). The zero-order valence-corrected chi connectivity index (χ0v) is 14.5. The van der Waals surface area contributed by atoms with Crippen LogP contribution in [0.2, 0.25) is 0 Å². The molecule has 0 radical (unpaired) electrons. The second-order valence-electron chi connectivity index (χ2n) is 5.91. The van der Waals surface area contributed by atoms with Crippen LogP contribution in [-0.2, 0) is 13.1 Å². The van der Waals surface area contributed by atoms with E-state index in [1.807, 2.05) is 18.5 Å². The van der Waals surface area contributed by atoms with Crippen LogP contribution in [0.15, 0.2) is 36.5 Å². The molecule has 1 N–H and O–H groups in total. The number of hydrogen-bond acceptors (Lipinski definition) is 3. The Hall–Kier alpha value is -2.96. The van der Waals surface area contributed by atoms with Crippen LogP contribution in [0.1, 0.15) is 28.7 Å². The first-order valence-corrected chi connectivity index (χ1v) is 8.07. The van der Waals surface area contributed by atoms with Gasteiger partial charge in [-0.15, -0.1) is 0 Å². The summed E-state index contributed by atoms with van der Waals surface area (Å²) >= 11 is 0. The van der Waals surface area contributed by atoms with Crippen LogP contribution >= 0.6 is 0 Å². The Morgan fingerprint density at radius 3 is 2.68 bits per heavy atom. The number of amides is 1. The molecule has 0 atom stereocenters. The summed E-state index contributed by atoms with van der Waals surface area (Å²) in [6, 6.07) is 7.67. The summed E-state index contributed by atoms with van der Waals surface area (Å²) < 4.78 is 14.9. The Bertz CT molecular complexity index is 881. The molecule has 0 saturated carbocycles. The minimum absolute atomic E-state index is 0.162.